The number of hydrogen-bond acceptors (Lipinski definition) is 1. The summed E-state index contributed by atoms with van der Waals surface area (Å²) in [6, 6.07) is 6.83. The Kier molecular flexibility index (Phi) is 4.98. The van der Waals surface area contributed by atoms with Gasteiger partial charge < -0.3 is 5.32 Å². The first-order valence-corrected chi connectivity index (χ1v) is 7.14. The number of nitrogens with one attached hydrogen (secondary N) is 1. The minimum Gasteiger partial charge on any atom is -0.308 e. The Hall–Kier alpha value is -1.08. The fourth-order valence-electron chi connectivity index (χ4n) is 1.92. The summed E-state index contributed by atoms with van der Waals surface area (Å²) in [7, 11) is 0. The standard InChI is InChI=1S/C18H29N/c1-8-9-14-12-16(17(2,3)4)11-10-15(14)13-19-18(5,6)7/h8-12,19H,13H2,1-7H3/b9-8-. The van der Waals surface area contributed by atoms with Crippen LogP contribution in [0.25, 0.3) is 6.08 Å². The van der Waals surface area contributed by atoms with Gasteiger partial charge in [0.25, 0.3) is 0 Å². The summed E-state index contributed by atoms with van der Waals surface area (Å²) in [5.41, 5.74) is 4.43. The summed E-state index contributed by atoms with van der Waals surface area (Å²) < 4.78 is 0. The van der Waals surface area contributed by atoms with Crippen LogP contribution in [0.15, 0.2) is 24.3 Å². The molecule has 0 aliphatic carbocycles. The van der Waals surface area contributed by atoms with E-state index in [1.54, 1.807) is 0 Å². The molecular weight excluding hydrogens is 230 g/mol. The van der Waals surface area contributed by atoms with E-state index >= 15 is 0 Å². The Balaban J connectivity index is 3.05. The van der Waals surface area contributed by atoms with Crippen LogP contribution < -0.4 is 5.32 Å². The summed E-state index contributed by atoms with van der Waals surface area (Å²) in [6.45, 7) is 16.4. The molecule has 0 aliphatic rings. The zero-order valence-electron chi connectivity index (χ0n) is 13.6. The van der Waals surface area contributed by atoms with Gasteiger partial charge in [-0.15, -0.1) is 0 Å². The molecule has 1 aromatic rings. The van der Waals surface area contributed by atoms with Gasteiger partial charge in [-0.2, -0.15) is 0 Å². The maximum atomic E-state index is 3.56. The predicted octanol–water partition coefficient (Wildman–Crippen LogP) is 4.91. The summed E-state index contributed by atoms with van der Waals surface area (Å²) in [4.78, 5) is 0. The summed E-state index contributed by atoms with van der Waals surface area (Å²) in [5, 5.41) is 3.56. The van der Waals surface area contributed by atoms with Crippen molar-refractivity contribution in [3.05, 3.63) is 41.0 Å². The van der Waals surface area contributed by atoms with Gasteiger partial charge in [0, 0.05) is 12.1 Å². The molecule has 0 amide bonds. The van der Waals surface area contributed by atoms with Crippen molar-refractivity contribution in [3.63, 3.8) is 0 Å². The van der Waals surface area contributed by atoms with E-state index < -0.39 is 0 Å². The molecule has 0 bridgehead atoms. The normalized spacial score (nSPS) is 13.2. The van der Waals surface area contributed by atoms with Crippen molar-refractivity contribution in [2.24, 2.45) is 0 Å². The van der Waals surface area contributed by atoms with Gasteiger partial charge in [-0.25, -0.2) is 0 Å². The van der Waals surface area contributed by atoms with E-state index in [9.17, 15) is 0 Å². The minimum absolute atomic E-state index is 0.149. The average Bonchev–Trinajstić information content (AvgIpc) is 2.25. The van der Waals surface area contributed by atoms with Crippen molar-refractivity contribution >= 4 is 6.08 Å². The lowest BCUT2D eigenvalue weighted by Gasteiger charge is -2.23. The van der Waals surface area contributed by atoms with Crippen molar-refractivity contribution in [2.75, 3.05) is 0 Å². The van der Waals surface area contributed by atoms with Crippen LogP contribution in [0.1, 0.15) is 65.2 Å². The molecule has 0 saturated heterocycles. The lowest BCUT2D eigenvalue weighted by atomic mass is 9.85. The zero-order chi connectivity index (χ0) is 14.7. The summed E-state index contributed by atoms with van der Waals surface area (Å²) in [6.07, 6.45) is 4.32. The van der Waals surface area contributed by atoms with Gasteiger partial charge in [-0.1, -0.05) is 51.1 Å². The highest BCUT2D eigenvalue weighted by molar-refractivity contribution is 5.55. The lowest BCUT2D eigenvalue weighted by molar-refractivity contribution is 0.424. The highest BCUT2D eigenvalue weighted by Gasteiger charge is 2.15. The molecule has 106 valence electrons. The predicted molar refractivity (Wildman–Crippen MR) is 86.4 cm³/mol. The third kappa shape index (κ3) is 5.20. The van der Waals surface area contributed by atoms with Crippen molar-refractivity contribution < 1.29 is 0 Å². The molecule has 1 aromatic carbocycles. The Morgan fingerprint density at radius 3 is 2.16 bits per heavy atom. The van der Waals surface area contributed by atoms with Crippen LogP contribution in [0.4, 0.5) is 0 Å². The first-order chi connectivity index (χ1) is 8.63. The van der Waals surface area contributed by atoms with Gasteiger partial charge in [-0.05, 0) is 49.8 Å². The second kappa shape index (κ2) is 5.92. The maximum Gasteiger partial charge on any atom is 0.0216 e. The smallest absolute Gasteiger partial charge is 0.0216 e. The van der Waals surface area contributed by atoms with Gasteiger partial charge in [0.2, 0.25) is 0 Å². The van der Waals surface area contributed by atoms with E-state index in [1.807, 2.05) is 0 Å². The second-order valence-corrected chi connectivity index (χ2v) is 7.27. The van der Waals surface area contributed by atoms with E-state index in [2.05, 4.69) is 84.1 Å². The molecule has 0 aromatic heterocycles. The molecule has 1 nitrogen and oxygen atoms in total. The highest BCUT2D eigenvalue weighted by Crippen LogP contribution is 2.25. The van der Waals surface area contributed by atoms with Crippen molar-refractivity contribution in [3.8, 4) is 0 Å². The molecule has 0 unspecified atom stereocenters. The quantitative estimate of drug-likeness (QED) is 0.813. The molecule has 1 heteroatoms. The SMILES string of the molecule is C/C=C\c1cc(C(C)(C)C)ccc1CNC(C)(C)C. The first kappa shape index (κ1) is 16.0. The molecule has 19 heavy (non-hydrogen) atoms. The van der Waals surface area contributed by atoms with Crippen LogP contribution in [0.3, 0.4) is 0 Å². The molecule has 0 aliphatic heterocycles. The molecule has 1 rings (SSSR count). The Morgan fingerprint density at radius 1 is 1.05 bits per heavy atom. The van der Waals surface area contributed by atoms with E-state index in [0.29, 0.717) is 0 Å². The van der Waals surface area contributed by atoms with Crippen LogP contribution in [-0.2, 0) is 12.0 Å². The van der Waals surface area contributed by atoms with Crippen molar-refractivity contribution in [2.45, 2.75) is 66.0 Å². The summed E-state index contributed by atoms with van der Waals surface area (Å²) in [5.74, 6) is 0. The Morgan fingerprint density at radius 2 is 1.68 bits per heavy atom. The monoisotopic (exact) mass is 259 g/mol. The molecular formula is C18H29N. The topological polar surface area (TPSA) is 12.0 Å². The van der Waals surface area contributed by atoms with Gasteiger partial charge in [0.1, 0.15) is 0 Å². The maximum absolute atomic E-state index is 3.56. The van der Waals surface area contributed by atoms with E-state index in [4.69, 9.17) is 0 Å². The van der Waals surface area contributed by atoms with Crippen LogP contribution >= 0.6 is 0 Å². The number of hydrogen-bond donors (Lipinski definition) is 1. The molecule has 1 N–H and O–H groups in total. The number of rotatable bonds is 3. The van der Waals surface area contributed by atoms with Gasteiger partial charge in [0.05, 0.1) is 0 Å². The highest BCUT2D eigenvalue weighted by atomic mass is 14.9. The van der Waals surface area contributed by atoms with Crippen molar-refractivity contribution in [1.82, 2.24) is 5.32 Å². The van der Waals surface area contributed by atoms with Gasteiger partial charge in [0.15, 0.2) is 0 Å². The first-order valence-electron chi connectivity index (χ1n) is 7.14. The minimum atomic E-state index is 0.149. The van der Waals surface area contributed by atoms with E-state index in [1.165, 1.54) is 16.7 Å². The zero-order valence-corrected chi connectivity index (χ0v) is 13.6. The molecule has 0 saturated carbocycles. The Bertz CT molecular complexity index is 442. The second-order valence-electron chi connectivity index (χ2n) is 7.27. The van der Waals surface area contributed by atoms with Crippen LogP contribution in [0.5, 0.6) is 0 Å². The largest absolute Gasteiger partial charge is 0.308 e. The third-order valence-electron chi connectivity index (χ3n) is 3.17. The number of allylic oxidation sites excluding steroid dienone is 1. The van der Waals surface area contributed by atoms with E-state index in [0.717, 1.165) is 6.54 Å². The lowest BCUT2D eigenvalue weighted by Crippen LogP contribution is -2.35. The molecule has 0 fully saturated rings. The summed E-state index contributed by atoms with van der Waals surface area (Å²) >= 11 is 0. The Labute approximate surface area is 119 Å². The van der Waals surface area contributed by atoms with Gasteiger partial charge in [-0.3, -0.25) is 0 Å². The molecule has 0 atom stereocenters. The van der Waals surface area contributed by atoms with Crippen LogP contribution in [-0.4, -0.2) is 5.54 Å². The van der Waals surface area contributed by atoms with Crippen LogP contribution in [0.2, 0.25) is 0 Å². The molecule has 0 radical (unpaired) electrons. The van der Waals surface area contributed by atoms with Crippen LogP contribution in [0, 0.1) is 0 Å². The fraction of sp³-hybridized carbons (Fsp3) is 0.556. The van der Waals surface area contributed by atoms with E-state index in [-0.39, 0.29) is 11.0 Å². The van der Waals surface area contributed by atoms with Gasteiger partial charge >= 0.3 is 0 Å². The number of benzene rings is 1. The fourth-order valence-corrected chi connectivity index (χ4v) is 1.92. The van der Waals surface area contributed by atoms with Crippen molar-refractivity contribution in [1.29, 1.82) is 0 Å². The third-order valence-corrected chi connectivity index (χ3v) is 3.17. The molecule has 0 heterocycles. The molecule has 0 spiro atoms. The average molecular weight is 259 g/mol.